The molecule has 22 heavy (non-hydrogen) atoms. The van der Waals surface area contributed by atoms with Crippen LogP contribution in [0, 0.1) is 17.9 Å². The summed E-state index contributed by atoms with van der Waals surface area (Å²) in [6.07, 6.45) is 0. The van der Waals surface area contributed by atoms with Crippen molar-refractivity contribution in [2.75, 3.05) is 13.2 Å². The van der Waals surface area contributed by atoms with Crippen LogP contribution in [-0.2, 0) is 9.47 Å². The van der Waals surface area contributed by atoms with Gasteiger partial charge in [0.15, 0.2) is 0 Å². The van der Waals surface area contributed by atoms with Gasteiger partial charge < -0.3 is 9.47 Å². The summed E-state index contributed by atoms with van der Waals surface area (Å²) in [6.45, 7) is 9.94. The number of nitrogens with zero attached hydrogens (tertiary/aromatic N) is 2. The Labute approximate surface area is 132 Å². The van der Waals surface area contributed by atoms with E-state index in [1.165, 1.54) is 0 Å². The molecule has 0 bridgehead atoms. The Bertz CT molecular complexity index is 556. The fourth-order valence-electron chi connectivity index (χ4n) is 2.48. The number of hydrogen-bond donors (Lipinski definition) is 0. The zero-order valence-corrected chi connectivity index (χ0v) is 13.7. The summed E-state index contributed by atoms with van der Waals surface area (Å²) in [4.78, 5) is 9.30. The summed E-state index contributed by atoms with van der Waals surface area (Å²) in [5.41, 5.74) is 1.75. The van der Waals surface area contributed by atoms with Crippen molar-refractivity contribution >= 4 is 11.8 Å². The number of hydrogen-bond acceptors (Lipinski definition) is 4. The van der Waals surface area contributed by atoms with Crippen molar-refractivity contribution in [3.8, 4) is 0 Å². The molecule has 4 nitrogen and oxygen atoms in total. The van der Waals surface area contributed by atoms with Gasteiger partial charge in [0.05, 0.1) is 12.1 Å². The van der Waals surface area contributed by atoms with E-state index in [1.54, 1.807) is 0 Å². The Hall–Kier alpha value is -1.84. The second-order valence-electron chi connectivity index (χ2n) is 6.59. The molecule has 4 heteroatoms. The molecule has 0 aliphatic carbocycles. The second-order valence-corrected chi connectivity index (χ2v) is 6.59. The summed E-state index contributed by atoms with van der Waals surface area (Å²) in [5, 5.41) is 0. The van der Waals surface area contributed by atoms with Crippen LogP contribution >= 0.6 is 0 Å². The van der Waals surface area contributed by atoms with Gasteiger partial charge in [-0.1, -0.05) is 38.8 Å². The Morgan fingerprint density at radius 2 is 1.36 bits per heavy atom. The smallest absolute Gasteiger partial charge is 0.148 e. The summed E-state index contributed by atoms with van der Waals surface area (Å²) < 4.78 is 11.5. The van der Waals surface area contributed by atoms with Crippen LogP contribution in [0.5, 0.6) is 0 Å². The molecule has 0 fully saturated rings. The quantitative estimate of drug-likeness (QED) is 0.802. The molecule has 3 rings (SSSR count). The van der Waals surface area contributed by atoms with Crippen LogP contribution in [0.2, 0.25) is 0 Å². The van der Waals surface area contributed by atoms with Gasteiger partial charge in [0, 0.05) is 0 Å². The Balaban J connectivity index is 1.82. The molecule has 0 unspecified atom stereocenters. The summed E-state index contributed by atoms with van der Waals surface area (Å²) in [6, 6.07) is 9.73. The lowest BCUT2D eigenvalue weighted by Gasteiger charge is -2.12. The van der Waals surface area contributed by atoms with Crippen LogP contribution in [0.4, 0.5) is 0 Å². The number of rotatable bonds is 4. The van der Waals surface area contributed by atoms with Gasteiger partial charge in [-0.15, -0.1) is 24.3 Å². The predicted octanol–water partition coefficient (Wildman–Crippen LogP) is 3.09. The first-order valence-electron chi connectivity index (χ1n) is 7.99. The third kappa shape index (κ3) is 3.01. The minimum Gasteiger partial charge on any atom is -0.510 e. The zero-order valence-electron chi connectivity index (χ0n) is 13.7. The average Bonchev–Trinajstić information content (AvgIpc) is 3.17. The molecule has 2 atom stereocenters. The third-order valence-electron chi connectivity index (χ3n) is 4.14. The van der Waals surface area contributed by atoms with E-state index < -0.39 is 0 Å². The molecule has 0 saturated heterocycles. The highest BCUT2D eigenvalue weighted by Gasteiger charge is 2.22. The highest BCUT2D eigenvalue weighted by Crippen LogP contribution is 2.21. The van der Waals surface area contributed by atoms with Gasteiger partial charge in [-0.3, -0.25) is 9.98 Å². The number of aliphatic imine (C=N–C) groups is 2. The second kappa shape index (κ2) is 6.11. The van der Waals surface area contributed by atoms with E-state index in [4.69, 9.17) is 9.47 Å². The molecule has 2 aliphatic heterocycles. The Morgan fingerprint density at radius 3 is 1.73 bits per heavy atom. The van der Waals surface area contributed by atoms with E-state index in [0.717, 1.165) is 11.1 Å². The fraction of sp³-hybridized carbons (Fsp3) is 0.556. The topological polar surface area (TPSA) is 43.2 Å². The largest absolute Gasteiger partial charge is 0.510 e. The van der Waals surface area contributed by atoms with Gasteiger partial charge in [-0.05, 0) is 11.8 Å². The number of ether oxygens (including phenoxy) is 2. The first kappa shape index (κ1) is 15.1. The van der Waals surface area contributed by atoms with Crippen LogP contribution in [-0.4, -0.2) is 37.1 Å². The van der Waals surface area contributed by atoms with Gasteiger partial charge in [0.25, 0.3) is 0 Å². The highest BCUT2D eigenvalue weighted by atomic mass is 16.5. The maximum absolute atomic E-state index is 5.73. The fourth-order valence-corrected chi connectivity index (χ4v) is 2.48. The molecule has 0 amide bonds. The van der Waals surface area contributed by atoms with Crippen molar-refractivity contribution in [2.45, 2.75) is 39.8 Å². The first-order valence-corrected chi connectivity index (χ1v) is 7.99. The van der Waals surface area contributed by atoms with Crippen molar-refractivity contribution < 1.29 is 9.47 Å². The van der Waals surface area contributed by atoms with E-state index in [-0.39, 0.29) is 12.1 Å². The lowest BCUT2D eigenvalue weighted by Crippen LogP contribution is -2.13. The average molecular weight is 299 g/mol. The zero-order chi connectivity index (χ0) is 15.7. The van der Waals surface area contributed by atoms with Crippen molar-refractivity contribution in [2.24, 2.45) is 21.8 Å². The third-order valence-corrected chi connectivity index (χ3v) is 4.14. The van der Waals surface area contributed by atoms with E-state index in [2.05, 4.69) is 43.7 Å². The summed E-state index contributed by atoms with van der Waals surface area (Å²) in [7, 11) is 0. The van der Waals surface area contributed by atoms with Crippen molar-refractivity contribution in [3.63, 3.8) is 0 Å². The molecule has 0 N–H and O–H groups in total. The van der Waals surface area contributed by atoms with Crippen LogP contribution in [0.1, 0.15) is 38.8 Å². The van der Waals surface area contributed by atoms with E-state index >= 15 is 0 Å². The minimum absolute atomic E-state index is 0.234. The van der Waals surface area contributed by atoms with Gasteiger partial charge >= 0.3 is 0 Å². The van der Waals surface area contributed by atoms with E-state index in [9.17, 15) is 0 Å². The molecular weight excluding hydrogens is 276 g/mol. The standard InChI is InChI=1S/C18H23N2O2/c1-11(2)15-9-21-17(19-15)13-6-5-7-14(8-13)18-20-16(10-22-18)12(3)4/h5-7,11-12,15-16H,9-10H2,1-4H3/q-1/t15-,16-/m1/s1. The number of benzene rings is 1. The monoisotopic (exact) mass is 299 g/mol. The lowest BCUT2D eigenvalue weighted by molar-refractivity contribution is 0.291. The molecular formula is C18H23N2O2-. The Morgan fingerprint density at radius 1 is 0.909 bits per heavy atom. The highest BCUT2D eigenvalue weighted by molar-refractivity contribution is 6.00. The predicted molar refractivity (Wildman–Crippen MR) is 87.5 cm³/mol. The van der Waals surface area contributed by atoms with Crippen molar-refractivity contribution in [1.29, 1.82) is 0 Å². The van der Waals surface area contributed by atoms with Crippen LogP contribution in [0.3, 0.4) is 0 Å². The van der Waals surface area contributed by atoms with Gasteiger partial charge in [0.2, 0.25) is 0 Å². The molecule has 0 aromatic heterocycles. The van der Waals surface area contributed by atoms with Crippen molar-refractivity contribution in [1.82, 2.24) is 0 Å². The first-order chi connectivity index (χ1) is 10.5. The maximum Gasteiger partial charge on any atom is 0.148 e. The maximum atomic E-state index is 5.73. The molecule has 2 heterocycles. The molecule has 0 radical (unpaired) electrons. The minimum atomic E-state index is 0.234. The van der Waals surface area contributed by atoms with E-state index in [0.29, 0.717) is 36.8 Å². The van der Waals surface area contributed by atoms with Crippen LogP contribution in [0.25, 0.3) is 0 Å². The lowest BCUT2D eigenvalue weighted by atomic mass is 10.1. The van der Waals surface area contributed by atoms with Gasteiger partial charge in [-0.2, -0.15) is 0 Å². The SMILES string of the molecule is CC(C)[C@H]1COC(c2[c-]c(C3=N[C@@H](C(C)C)CO3)ccc2)=N1. The van der Waals surface area contributed by atoms with Crippen LogP contribution in [0.15, 0.2) is 28.2 Å². The van der Waals surface area contributed by atoms with E-state index in [1.807, 2.05) is 18.2 Å². The summed E-state index contributed by atoms with van der Waals surface area (Å²) >= 11 is 0. The van der Waals surface area contributed by atoms with Crippen LogP contribution < -0.4 is 0 Å². The normalized spacial score (nSPS) is 24.3. The van der Waals surface area contributed by atoms with Gasteiger partial charge in [0.1, 0.15) is 25.0 Å². The molecule has 0 spiro atoms. The molecule has 118 valence electrons. The van der Waals surface area contributed by atoms with Gasteiger partial charge in [-0.25, -0.2) is 0 Å². The molecule has 2 aliphatic rings. The molecule has 0 saturated carbocycles. The molecule has 1 aromatic rings. The van der Waals surface area contributed by atoms with Crippen molar-refractivity contribution in [3.05, 3.63) is 35.4 Å². The molecule has 1 aromatic carbocycles. The summed E-state index contributed by atoms with van der Waals surface area (Å²) in [5.74, 6) is 2.32. The Kier molecular flexibility index (Phi) is 4.19.